The van der Waals surface area contributed by atoms with Gasteiger partial charge in [0.2, 0.25) is 0 Å². The zero-order valence-corrected chi connectivity index (χ0v) is 22.4. The highest BCUT2D eigenvalue weighted by atomic mass is 16.5. The minimum atomic E-state index is -0.632. The lowest BCUT2D eigenvalue weighted by Gasteiger charge is -2.58. The van der Waals surface area contributed by atoms with Crippen LogP contribution in [0.2, 0.25) is 0 Å². The highest BCUT2D eigenvalue weighted by molar-refractivity contribution is 5.95. The van der Waals surface area contributed by atoms with Gasteiger partial charge in [0.1, 0.15) is 12.1 Å². The number of carbonyl (C=O) groups is 2. The number of carbonyl (C=O) groups excluding carboxylic acids is 2. The summed E-state index contributed by atoms with van der Waals surface area (Å²) in [4.78, 5) is 36.0. The van der Waals surface area contributed by atoms with Crippen LogP contribution in [-0.4, -0.2) is 38.7 Å². The molecule has 8 rings (SSSR count). The normalized spacial score (nSPS) is 32.1. The van der Waals surface area contributed by atoms with Crippen molar-refractivity contribution < 1.29 is 19.4 Å². The second-order valence-corrected chi connectivity index (χ2v) is 12.9. The number of aliphatic hydroxyl groups is 1. The average Bonchev–Trinajstić information content (AvgIpc) is 3.48. The van der Waals surface area contributed by atoms with Crippen LogP contribution in [-0.2, 0) is 16.9 Å². The molecule has 6 aliphatic rings. The Balaban J connectivity index is 1.08. The number of rotatable bonds is 7. The number of alkyl carbamates (subject to hydrolysis) is 1. The van der Waals surface area contributed by atoms with Gasteiger partial charge in [-0.3, -0.25) is 4.79 Å². The standard InChI is InChI=1S/C31H38N4O4/c36-27(33-25-22-12-20-13-23(25)16-30(38,14-20)15-22)24-17-32-28(34-26(24)21-8-4-5-9-21)31(10-11-31)35-29(37)39-18-19-6-2-1-3-7-19/h1-3,6-7,17,20-23,25,38H,4-5,8-16,18H2,(H,33,36)(H,35,37)/t20?,22?,23?,25-,30+. The van der Waals surface area contributed by atoms with Gasteiger partial charge >= 0.3 is 6.09 Å². The second-order valence-electron chi connectivity index (χ2n) is 12.9. The van der Waals surface area contributed by atoms with Crippen LogP contribution in [0.5, 0.6) is 0 Å². The Morgan fingerprint density at radius 2 is 1.74 bits per heavy atom. The van der Waals surface area contributed by atoms with Gasteiger partial charge in [-0.25, -0.2) is 14.8 Å². The summed E-state index contributed by atoms with van der Waals surface area (Å²) in [5.74, 6) is 2.01. The lowest BCUT2D eigenvalue weighted by molar-refractivity contribution is -0.136. The summed E-state index contributed by atoms with van der Waals surface area (Å²) < 4.78 is 5.47. The van der Waals surface area contributed by atoms with E-state index in [-0.39, 0.29) is 24.5 Å². The van der Waals surface area contributed by atoms with Crippen LogP contribution < -0.4 is 10.6 Å². The zero-order chi connectivity index (χ0) is 26.6. The smallest absolute Gasteiger partial charge is 0.408 e. The minimum absolute atomic E-state index is 0.0898. The Hall–Kier alpha value is -3.00. The van der Waals surface area contributed by atoms with Crippen molar-refractivity contribution in [2.45, 2.75) is 100 Å². The van der Waals surface area contributed by atoms with Crippen molar-refractivity contribution >= 4 is 12.0 Å². The Bertz CT molecular complexity index is 1240. The number of amides is 2. The molecule has 39 heavy (non-hydrogen) atoms. The lowest BCUT2D eigenvalue weighted by atomic mass is 9.52. The molecular weight excluding hydrogens is 492 g/mol. The van der Waals surface area contributed by atoms with E-state index in [4.69, 9.17) is 9.72 Å². The van der Waals surface area contributed by atoms with E-state index in [2.05, 4.69) is 15.6 Å². The maximum absolute atomic E-state index is 13.7. The van der Waals surface area contributed by atoms with Crippen LogP contribution in [0, 0.1) is 17.8 Å². The summed E-state index contributed by atoms with van der Waals surface area (Å²) in [6.07, 6.45) is 11.7. The van der Waals surface area contributed by atoms with Gasteiger partial charge in [-0.1, -0.05) is 43.2 Å². The quantitative estimate of drug-likeness (QED) is 0.478. The molecule has 4 bridgehead atoms. The molecule has 2 unspecified atom stereocenters. The minimum Gasteiger partial charge on any atom is -0.445 e. The predicted octanol–water partition coefficient (Wildman–Crippen LogP) is 4.72. The molecule has 2 atom stereocenters. The van der Waals surface area contributed by atoms with Gasteiger partial charge in [0, 0.05) is 18.2 Å². The number of nitrogens with zero attached hydrogens (tertiary/aromatic N) is 2. The summed E-state index contributed by atoms with van der Waals surface area (Å²) in [5, 5.41) is 17.3. The largest absolute Gasteiger partial charge is 0.445 e. The molecule has 0 aliphatic heterocycles. The second kappa shape index (κ2) is 9.58. The van der Waals surface area contributed by atoms with E-state index >= 15 is 0 Å². The Kier molecular flexibility index (Phi) is 6.14. The number of ether oxygens (including phenoxy) is 1. The molecule has 8 nitrogen and oxygen atoms in total. The number of hydrogen-bond donors (Lipinski definition) is 3. The van der Waals surface area contributed by atoms with Crippen LogP contribution >= 0.6 is 0 Å². The monoisotopic (exact) mass is 530 g/mol. The first-order valence-electron chi connectivity index (χ1n) is 14.8. The van der Waals surface area contributed by atoms with Crippen LogP contribution in [0.1, 0.15) is 104 Å². The van der Waals surface area contributed by atoms with E-state index in [1.54, 1.807) is 6.20 Å². The van der Waals surface area contributed by atoms with E-state index in [0.717, 1.165) is 81.9 Å². The van der Waals surface area contributed by atoms with Gasteiger partial charge in [-0.2, -0.15) is 0 Å². The molecule has 2 amide bonds. The summed E-state index contributed by atoms with van der Waals surface area (Å²) in [5.41, 5.74) is 1.17. The van der Waals surface area contributed by atoms with E-state index < -0.39 is 17.2 Å². The third-order valence-electron chi connectivity index (χ3n) is 10.1. The summed E-state index contributed by atoms with van der Waals surface area (Å²) >= 11 is 0. The highest BCUT2D eigenvalue weighted by Gasteiger charge is 2.55. The van der Waals surface area contributed by atoms with Crippen LogP contribution in [0.15, 0.2) is 36.5 Å². The van der Waals surface area contributed by atoms with Gasteiger partial charge < -0.3 is 20.5 Å². The van der Waals surface area contributed by atoms with Gasteiger partial charge in [0.15, 0.2) is 5.82 Å². The zero-order valence-electron chi connectivity index (χ0n) is 22.4. The highest BCUT2D eigenvalue weighted by Crippen LogP contribution is 2.55. The molecule has 2 aromatic rings. The third kappa shape index (κ3) is 4.81. The molecule has 1 aromatic heterocycles. The molecule has 6 aliphatic carbocycles. The molecule has 1 heterocycles. The maximum Gasteiger partial charge on any atom is 0.408 e. The topological polar surface area (TPSA) is 113 Å². The van der Waals surface area contributed by atoms with Gasteiger partial charge in [0.05, 0.1) is 16.9 Å². The lowest BCUT2D eigenvalue weighted by Crippen LogP contribution is -2.61. The summed E-state index contributed by atoms with van der Waals surface area (Å²) in [6, 6.07) is 9.72. The molecule has 1 aromatic carbocycles. The van der Waals surface area contributed by atoms with E-state index in [0.29, 0.717) is 29.1 Å². The third-order valence-corrected chi connectivity index (χ3v) is 10.1. The van der Waals surface area contributed by atoms with Crippen LogP contribution in [0.4, 0.5) is 4.79 Å². The molecule has 0 saturated heterocycles. The SMILES string of the molecule is O=C(NC1(c2ncc(C(=O)N[C@H]3C4CC5CC3C[C@@](O)(C5)C4)c(C3CCCC3)n2)CC1)OCc1ccccc1. The van der Waals surface area contributed by atoms with Crippen molar-refractivity contribution in [2.75, 3.05) is 0 Å². The van der Waals surface area contributed by atoms with Crippen molar-refractivity contribution in [1.82, 2.24) is 20.6 Å². The number of aromatic nitrogens is 2. The van der Waals surface area contributed by atoms with Gasteiger partial charge in [0.25, 0.3) is 5.91 Å². The van der Waals surface area contributed by atoms with Gasteiger partial charge in [-0.15, -0.1) is 0 Å². The van der Waals surface area contributed by atoms with Crippen molar-refractivity contribution in [2.24, 2.45) is 17.8 Å². The van der Waals surface area contributed by atoms with Crippen molar-refractivity contribution in [1.29, 1.82) is 0 Å². The van der Waals surface area contributed by atoms with Crippen molar-refractivity contribution in [3.05, 3.63) is 59.2 Å². The Labute approximate surface area is 229 Å². The maximum atomic E-state index is 13.7. The predicted molar refractivity (Wildman–Crippen MR) is 144 cm³/mol. The first-order valence-corrected chi connectivity index (χ1v) is 14.8. The van der Waals surface area contributed by atoms with E-state index in [1.165, 1.54) is 0 Å². The van der Waals surface area contributed by atoms with E-state index in [1.807, 2.05) is 30.3 Å². The first kappa shape index (κ1) is 25.0. The Morgan fingerprint density at radius 1 is 1.03 bits per heavy atom. The summed E-state index contributed by atoms with van der Waals surface area (Å²) in [7, 11) is 0. The fourth-order valence-electron chi connectivity index (χ4n) is 8.24. The molecule has 0 radical (unpaired) electrons. The molecule has 0 spiro atoms. The number of nitrogens with one attached hydrogen (secondary N) is 2. The molecule has 206 valence electrons. The van der Waals surface area contributed by atoms with Crippen molar-refractivity contribution in [3.8, 4) is 0 Å². The van der Waals surface area contributed by atoms with Gasteiger partial charge in [-0.05, 0) is 81.1 Å². The summed E-state index contributed by atoms with van der Waals surface area (Å²) in [6.45, 7) is 0.206. The molecular formula is C31H38N4O4. The molecule has 6 saturated carbocycles. The number of benzene rings is 1. The average molecular weight is 531 g/mol. The van der Waals surface area contributed by atoms with Crippen LogP contribution in [0.25, 0.3) is 0 Å². The fourth-order valence-corrected chi connectivity index (χ4v) is 8.24. The Morgan fingerprint density at radius 3 is 2.41 bits per heavy atom. The first-order chi connectivity index (χ1) is 18.9. The molecule has 8 heteroatoms. The number of hydrogen-bond acceptors (Lipinski definition) is 6. The molecule has 6 fully saturated rings. The van der Waals surface area contributed by atoms with E-state index in [9.17, 15) is 14.7 Å². The molecule has 3 N–H and O–H groups in total. The van der Waals surface area contributed by atoms with Crippen molar-refractivity contribution in [3.63, 3.8) is 0 Å². The van der Waals surface area contributed by atoms with Crippen LogP contribution in [0.3, 0.4) is 0 Å². The fraction of sp³-hybridized carbons (Fsp3) is 0.613.